The SMILES string of the molecule is CC.CC.CC.CC1=NCCC1.CCCN=C(N)N. The zero-order valence-electron chi connectivity index (χ0n) is 14.6. The van der Waals surface area contributed by atoms with Gasteiger partial charge in [-0.05, 0) is 26.2 Å². The fourth-order valence-electron chi connectivity index (χ4n) is 0.925. The summed E-state index contributed by atoms with van der Waals surface area (Å²) in [4.78, 5) is 7.87. The second-order valence-corrected chi connectivity index (χ2v) is 3.03. The van der Waals surface area contributed by atoms with Crippen LogP contribution in [-0.2, 0) is 0 Å². The van der Waals surface area contributed by atoms with Crippen molar-refractivity contribution in [2.75, 3.05) is 13.1 Å². The smallest absolute Gasteiger partial charge is 0.185 e. The summed E-state index contributed by atoms with van der Waals surface area (Å²) in [5.41, 5.74) is 11.3. The number of rotatable bonds is 2. The minimum atomic E-state index is 0.182. The van der Waals surface area contributed by atoms with E-state index in [1.807, 2.05) is 48.5 Å². The van der Waals surface area contributed by atoms with E-state index in [1.165, 1.54) is 18.6 Å². The fourth-order valence-corrected chi connectivity index (χ4v) is 0.925. The molecule has 0 aromatic rings. The van der Waals surface area contributed by atoms with Crippen molar-refractivity contribution < 1.29 is 0 Å². The molecule has 0 fully saturated rings. The highest BCUT2D eigenvalue weighted by molar-refractivity contribution is 5.83. The molecule has 0 spiro atoms. The number of guanidine groups is 1. The molecule has 118 valence electrons. The van der Waals surface area contributed by atoms with Crippen molar-refractivity contribution >= 4 is 11.7 Å². The average Bonchev–Trinajstić information content (AvgIpc) is 2.95. The van der Waals surface area contributed by atoms with E-state index in [0.717, 1.165) is 19.5 Å². The molecular weight excluding hydrogens is 236 g/mol. The Morgan fingerprint density at radius 2 is 1.58 bits per heavy atom. The zero-order valence-corrected chi connectivity index (χ0v) is 14.6. The van der Waals surface area contributed by atoms with Crippen LogP contribution in [0.3, 0.4) is 0 Å². The second-order valence-electron chi connectivity index (χ2n) is 3.03. The van der Waals surface area contributed by atoms with E-state index in [1.54, 1.807) is 0 Å². The number of hydrogen-bond acceptors (Lipinski definition) is 2. The lowest BCUT2D eigenvalue weighted by atomic mass is 10.3. The summed E-state index contributed by atoms with van der Waals surface area (Å²) >= 11 is 0. The van der Waals surface area contributed by atoms with Crippen LogP contribution in [-0.4, -0.2) is 24.8 Å². The molecule has 0 atom stereocenters. The lowest BCUT2D eigenvalue weighted by Gasteiger charge is -1.86. The molecule has 0 unspecified atom stereocenters. The van der Waals surface area contributed by atoms with Crippen molar-refractivity contribution in [3.05, 3.63) is 0 Å². The first kappa shape index (κ1) is 26.5. The van der Waals surface area contributed by atoms with Crippen molar-refractivity contribution in [1.29, 1.82) is 0 Å². The summed E-state index contributed by atoms with van der Waals surface area (Å²) in [7, 11) is 0. The van der Waals surface area contributed by atoms with Crippen molar-refractivity contribution in [2.24, 2.45) is 21.5 Å². The van der Waals surface area contributed by atoms with Crippen molar-refractivity contribution in [2.45, 2.75) is 74.7 Å². The van der Waals surface area contributed by atoms with Gasteiger partial charge in [0, 0.05) is 18.8 Å². The van der Waals surface area contributed by atoms with E-state index in [9.17, 15) is 0 Å². The maximum atomic E-state index is 5.01. The Kier molecular flexibility index (Phi) is 42.1. The number of nitrogens with zero attached hydrogens (tertiary/aromatic N) is 2. The molecule has 1 heterocycles. The van der Waals surface area contributed by atoms with Gasteiger partial charge in [0.05, 0.1) is 0 Å². The number of hydrogen-bond donors (Lipinski definition) is 2. The van der Waals surface area contributed by atoms with Crippen LogP contribution < -0.4 is 11.5 Å². The summed E-state index contributed by atoms with van der Waals surface area (Å²) in [6.07, 6.45) is 3.52. The van der Waals surface area contributed by atoms with Gasteiger partial charge in [-0.25, -0.2) is 0 Å². The molecule has 0 aliphatic carbocycles. The van der Waals surface area contributed by atoms with E-state index in [2.05, 4.69) is 16.9 Å². The predicted octanol–water partition coefficient (Wildman–Crippen LogP) is 3.99. The Bertz CT molecular complexity index is 183. The molecule has 0 amide bonds. The molecule has 1 rings (SSSR count). The Balaban J connectivity index is -0.0000000854. The number of nitrogens with two attached hydrogens (primary N) is 2. The maximum Gasteiger partial charge on any atom is 0.185 e. The van der Waals surface area contributed by atoms with Crippen LogP contribution >= 0.6 is 0 Å². The highest BCUT2D eigenvalue weighted by Crippen LogP contribution is 2.00. The van der Waals surface area contributed by atoms with Crippen LogP contribution in [0.1, 0.15) is 74.7 Å². The fraction of sp³-hybridized carbons (Fsp3) is 0.867. The molecular formula is C15H38N4. The molecule has 1 aliphatic heterocycles. The highest BCUT2D eigenvalue weighted by Gasteiger charge is 1.96. The summed E-state index contributed by atoms with van der Waals surface area (Å²) in [6, 6.07) is 0. The van der Waals surface area contributed by atoms with Crippen molar-refractivity contribution in [1.82, 2.24) is 0 Å². The van der Waals surface area contributed by atoms with Gasteiger partial charge in [-0.1, -0.05) is 48.5 Å². The molecule has 0 saturated carbocycles. The van der Waals surface area contributed by atoms with Crippen molar-refractivity contribution in [3.63, 3.8) is 0 Å². The molecule has 1 aliphatic rings. The van der Waals surface area contributed by atoms with E-state index in [4.69, 9.17) is 11.5 Å². The Morgan fingerprint density at radius 1 is 1.11 bits per heavy atom. The third-order valence-corrected chi connectivity index (χ3v) is 1.60. The first-order chi connectivity index (χ1) is 9.16. The van der Waals surface area contributed by atoms with Gasteiger partial charge < -0.3 is 11.5 Å². The second kappa shape index (κ2) is 30.2. The topological polar surface area (TPSA) is 76.8 Å². The molecule has 0 saturated heterocycles. The minimum absolute atomic E-state index is 0.182. The molecule has 19 heavy (non-hydrogen) atoms. The van der Waals surface area contributed by atoms with Gasteiger partial charge in [0.15, 0.2) is 5.96 Å². The molecule has 4 N–H and O–H groups in total. The molecule has 4 heteroatoms. The Labute approximate surface area is 121 Å². The highest BCUT2D eigenvalue weighted by atomic mass is 15.0. The van der Waals surface area contributed by atoms with Crippen LogP contribution in [0.15, 0.2) is 9.98 Å². The van der Waals surface area contributed by atoms with E-state index < -0.39 is 0 Å². The van der Waals surface area contributed by atoms with Gasteiger partial charge in [-0.15, -0.1) is 0 Å². The van der Waals surface area contributed by atoms with Crippen LogP contribution in [0, 0.1) is 0 Å². The largest absolute Gasteiger partial charge is 0.370 e. The maximum absolute atomic E-state index is 5.01. The first-order valence-electron chi connectivity index (χ1n) is 7.72. The van der Waals surface area contributed by atoms with Crippen LogP contribution in [0.25, 0.3) is 0 Å². The lowest BCUT2D eigenvalue weighted by Crippen LogP contribution is -2.22. The van der Waals surface area contributed by atoms with Gasteiger partial charge in [-0.2, -0.15) is 0 Å². The Hall–Kier alpha value is -1.06. The van der Waals surface area contributed by atoms with Crippen LogP contribution in [0.2, 0.25) is 0 Å². The quantitative estimate of drug-likeness (QED) is 0.590. The molecule has 0 aromatic carbocycles. The third kappa shape index (κ3) is 38.3. The lowest BCUT2D eigenvalue weighted by molar-refractivity contribution is 0.927. The van der Waals surface area contributed by atoms with Gasteiger partial charge in [-0.3, -0.25) is 9.98 Å². The summed E-state index contributed by atoms with van der Waals surface area (Å²) in [5, 5.41) is 0. The van der Waals surface area contributed by atoms with E-state index in [0.29, 0.717) is 0 Å². The third-order valence-electron chi connectivity index (χ3n) is 1.60. The van der Waals surface area contributed by atoms with E-state index in [-0.39, 0.29) is 5.96 Å². The summed E-state index contributed by atoms with van der Waals surface area (Å²) in [5.74, 6) is 0.182. The average molecular weight is 274 g/mol. The van der Waals surface area contributed by atoms with Crippen LogP contribution in [0.4, 0.5) is 0 Å². The summed E-state index contributed by atoms with van der Waals surface area (Å²) in [6.45, 7) is 17.9. The molecule has 4 nitrogen and oxygen atoms in total. The molecule has 0 radical (unpaired) electrons. The number of aliphatic imine (C=N–C) groups is 2. The predicted molar refractivity (Wildman–Crippen MR) is 92.2 cm³/mol. The van der Waals surface area contributed by atoms with Crippen LogP contribution in [0.5, 0.6) is 0 Å². The van der Waals surface area contributed by atoms with Gasteiger partial charge in [0.2, 0.25) is 0 Å². The Morgan fingerprint density at radius 3 is 1.68 bits per heavy atom. The monoisotopic (exact) mass is 274 g/mol. The van der Waals surface area contributed by atoms with Gasteiger partial charge >= 0.3 is 0 Å². The van der Waals surface area contributed by atoms with Gasteiger partial charge in [0.1, 0.15) is 0 Å². The van der Waals surface area contributed by atoms with Gasteiger partial charge in [0.25, 0.3) is 0 Å². The minimum Gasteiger partial charge on any atom is -0.370 e. The molecule has 0 aromatic heterocycles. The standard InChI is InChI=1S/C5H9N.C4H11N3.3C2H6/c1-5-3-2-4-6-5;1-2-3-7-4(5)6;3*1-2/h2-4H2,1H3;2-3H2,1H3,(H4,5,6,7);3*1-2H3. The van der Waals surface area contributed by atoms with E-state index >= 15 is 0 Å². The normalized spacial score (nSPS) is 10.6. The van der Waals surface area contributed by atoms with Crippen molar-refractivity contribution in [3.8, 4) is 0 Å². The molecule has 0 bridgehead atoms. The zero-order chi connectivity index (χ0) is 16.1. The summed E-state index contributed by atoms with van der Waals surface area (Å²) < 4.78 is 0. The first-order valence-corrected chi connectivity index (χ1v) is 7.72.